The van der Waals surface area contributed by atoms with E-state index in [-0.39, 0.29) is 6.10 Å². The fourth-order valence-electron chi connectivity index (χ4n) is 1.92. The lowest BCUT2D eigenvalue weighted by molar-refractivity contribution is 0.0527. The van der Waals surface area contributed by atoms with Crippen LogP contribution < -0.4 is 9.64 Å². The molecule has 0 radical (unpaired) electrons. The van der Waals surface area contributed by atoms with Crippen molar-refractivity contribution in [2.75, 3.05) is 31.7 Å². The number of aryl methyl sites for hydroxylation is 1. The number of hydrogen-bond acceptors (Lipinski definition) is 5. The Morgan fingerprint density at radius 2 is 2.31 bits per heavy atom. The zero-order valence-corrected chi connectivity index (χ0v) is 9.93. The summed E-state index contributed by atoms with van der Waals surface area (Å²) in [5.74, 6) is 1.63. The van der Waals surface area contributed by atoms with Gasteiger partial charge >= 0.3 is 0 Å². The second kappa shape index (κ2) is 4.65. The Kier molecular flexibility index (Phi) is 3.24. The van der Waals surface area contributed by atoms with E-state index in [1.807, 2.05) is 6.92 Å². The van der Waals surface area contributed by atoms with Crippen molar-refractivity contribution >= 4 is 5.82 Å². The molecule has 1 aromatic heterocycles. The van der Waals surface area contributed by atoms with Crippen LogP contribution in [0, 0.1) is 6.92 Å². The number of methoxy groups -OCH3 is 1. The lowest BCUT2D eigenvalue weighted by Crippen LogP contribution is -2.41. The molecule has 1 aliphatic rings. The third-order valence-electron chi connectivity index (χ3n) is 2.71. The summed E-state index contributed by atoms with van der Waals surface area (Å²) >= 11 is 0. The largest absolute Gasteiger partial charge is 0.491 e. The molecule has 1 aliphatic heterocycles. The molecule has 2 rings (SSSR count). The highest BCUT2D eigenvalue weighted by molar-refractivity contribution is 5.54. The lowest BCUT2D eigenvalue weighted by Gasteiger charge is -2.32. The van der Waals surface area contributed by atoms with Crippen LogP contribution in [0.25, 0.3) is 0 Å². The fourth-order valence-corrected chi connectivity index (χ4v) is 1.92. The zero-order valence-electron chi connectivity index (χ0n) is 9.93. The molecular formula is C11H17N3O2. The molecule has 1 saturated heterocycles. The maximum absolute atomic E-state index is 5.51. The zero-order chi connectivity index (χ0) is 11.5. The Labute approximate surface area is 95.4 Å². The van der Waals surface area contributed by atoms with Crippen molar-refractivity contribution in [1.82, 2.24) is 9.97 Å². The minimum absolute atomic E-state index is 0.230. The van der Waals surface area contributed by atoms with Gasteiger partial charge in [0.25, 0.3) is 0 Å². The number of nitrogens with zero attached hydrogens (tertiary/aromatic N) is 3. The summed E-state index contributed by atoms with van der Waals surface area (Å²) in [4.78, 5) is 10.6. The lowest BCUT2D eigenvalue weighted by atomic mass is 10.2. The first kappa shape index (κ1) is 11.1. The average Bonchev–Trinajstić information content (AvgIpc) is 2.28. The summed E-state index contributed by atoms with van der Waals surface area (Å²) in [5, 5.41) is 0. The molecule has 1 atom stereocenters. The van der Waals surface area contributed by atoms with E-state index in [4.69, 9.17) is 9.47 Å². The van der Waals surface area contributed by atoms with Gasteiger partial charge in [-0.1, -0.05) is 0 Å². The Morgan fingerprint density at radius 3 is 3.00 bits per heavy atom. The van der Waals surface area contributed by atoms with Gasteiger partial charge in [0.15, 0.2) is 11.6 Å². The Morgan fingerprint density at radius 1 is 1.50 bits per heavy atom. The molecule has 5 heteroatoms. The predicted octanol–water partition coefficient (Wildman–Crippen LogP) is 1.02. The second-order valence-corrected chi connectivity index (χ2v) is 3.94. The molecule has 0 amide bonds. The molecule has 88 valence electrons. The summed E-state index contributed by atoms with van der Waals surface area (Å²) < 4.78 is 10.9. The molecule has 0 aromatic carbocycles. The smallest absolute Gasteiger partial charge is 0.182 e. The van der Waals surface area contributed by atoms with Crippen LogP contribution in [0.15, 0.2) is 6.33 Å². The van der Waals surface area contributed by atoms with Crippen LogP contribution in [0.5, 0.6) is 5.75 Å². The first-order chi connectivity index (χ1) is 7.72. The van der Waals surface area contributed by atoms with Crippen molar-refractivity contribution in [3.63, 3.8) is 0 Å². The van der Waals surface area contributed by atoms with E-state index in [0.29, 0.717) is 0 Å². The van der Waals surface area contributed by atoms with E-state index in [1.54, 1.807) is 13.4 Å². The summed E-state index contributed by atoms with van der Waals surface area (Å²) in [5.41, 5.74) is 0.867. The summed E-state index contributed by atoms with van der Waals surface area (Å²) in [6, 6.07) is 0. The first-order valence-electron chi connectivity index (χ1n) is 5.44. The Bertz CT molecular complexity index is 370. The van der Waals surface area contributed by atoms with Crippen molar-refractivity contribution in [2.45, 2.75) is 20.0 Å². The van der Waals surface area contributed by atoms with E-state index >= 15 is 0 Å². The molecular weight excluding hydrogens is 206 g/mol. The Hall–Kier alpha value is -1.36. The van der Waals surface area contributed by atoms with Crippen molar-refractivity contribution in [2.24, 2.45) is 0 Å². The molecule has 0 unspecified atom stereocenters. The molecule has 0 bridgehead atoms. The highest BCUT2D eigenvalue weighted by atomic mass is 16.5. The number of ether oxygens (including phenoxy) is 2. The molecule has 2 heterocycles. The monoisotopic (exact) mass is 223 g/mol. The number of morpholine rings is 1. The van der Waals surface area contributed by atoms with Gasteiger partial charge < -0.3 is 14.4 Å². The second-order valence-electron chi connectivity index (χ2n) is 3.94. The molecule has 1 fully saturated rings. The molecule has 5 nitrogen and oxygen atoms in total. The predicted molar refractivity (Wildman–Crippen MR) is 60.9 cm³/mol. The standard InChI is InChI=1S/C11H17N3O2/c1-8-6-14(4-5-16-8)11-10(15-3)9(2)12-7-13-11/h7-8H,4-6H2,1-3H3/t8-/m0/s1. The molecule has 1 aromatic rings. The maximum Gasteiger partial charge on any atom is 0.182 e. The Balaban J connectivity index is 2.28. The van der Waals surface area contributed by atoms with E-state index < -0.39 is 0 Å². The van der Waals surface area contributed by atoms with Crippen molar-refractivity contribution < 1.29 is 9.47 Å². The number of rotatable bonds is 2. The van der Waals surface area contributed by atoms with Gasteiger partial charge in [-0.15, -0.1) is 0 Å². The quantitative estimate of drug-likeness (QED) is 0.749. The van der Waals surface area contributed by atoms with Gasteiger partial charge in [0.2, 0.25) is 0 Å². The first-order valence-corrected chi connectivity index (χ1v) is 5.44. The third-order valence-corrected chi connectivity index (χ3v) is 2.71. The van der Waals surface area contributed by atoms with Gasteiger partial charge in [-0.3, -0.25) is 0 Å². The fraction of sp³-hybridized carbons (Fsp3) is 0.636. The molecule has 0 N–H and O–H groups in total. The van der Waals surface area contributed by atoms with E-state index in [2.05, 4.69) is 21.8 Å². The average molecular weight is 223 g/mol. The normalized spacial score (nSPS) is 20.9. The van der Waals surface area contributed by atoms with E-state index in [9.17, 15) is 0 Å². The van der Waals surface area contributed by atoms with Crippen LogP contribution >= 0.6 is 0 Å². The van der Waals surface area contributed by atoms with Gasteiger partial charge in [0.05, 0.1) is 25.5 Å². The summed E-state index contributed by atoms with van der Waals surface area (Å²) in [6.45, 7) is 6.40. The highest BCUT2D eigenvalue weighted by Gasteiger charge is 2.22. The SMILES string of the molecule is COc1c(C)ncnc1N1CCO[C@@H](C)C1. The minimum Gasteiger partial charge on any atom is -0.491 e. The molecule has 0 aliphatic carbocycles. The van der Waals surface area contributed by atoms with Crippen molar-refractivity contribution in [3.8, 4) is 5.75 Å². The molecule has 0 spiro atoms. The molecule has 16 heavy (non-hydrogen) atoms. The van der Waals surface area contributed by atoms with Crippen LogP contribution in [0.1, 0.15) is 12.6 Å². The van der Waals surface area contributed by atoms with Gasteiger partial charge in [-0.2, -0.15) is 0 Å². The van der Waals surface area contributed by atoms with Crippen LogP contribution in [0.2, 0.25) is 0 Å². The number of anilines is 1. The van der Waals surface area contributed by atoms with Crippen molar-refractivity contribution in [1.29, 1.82) is 0 Å². The van der Waals surface area contributed by atoms with E-state index in [1.165, 1.54) is 0 Å². The van der Waals surface area contributed by atoms with Gasteiger partial charge in [-0.25, -0.2) is 9.97 Å². The maximum atomic E-state index is 5.51. The van der Waals surface area contributed by atoms with Crippen LogP contribution in [0.3, 0.4) is 0 Å². The highest BCUT2D eigenvalue weighted by Crippen LogP contribution is 2.28. The summed E-state index contributed by atoms with van der Waals surface area (Å²) in [6.07, 6.45) is 1.81. The van der Waals surface area contributed by atoms with Crippen molar-refractivity contribution in [3.05, 3.63) is 12.0 Å². The van der Waals surface area contributed by atoms with Crippen LogP contribution in [-0.2, 0) is 4.74 Å². The summed E-state index contributed by atoms with van der Waals surface area (Å²) in [7, 11) is 1.65. The van der Waals surface area contributed by atoms with Gasteiger partial charge in [0, 0.05) is 13.1 Å². The third kappa shape index (κ3) is 2.09. The van der Waals surface area contributed by atoms with Crippen LogP contribution in [-0.4, -0.2) is 42.9 Å². The van der Waals surface area contributed by atoms with Crippen LogP contribution in [0.4, 0.5) is 5.82 Å². The van der Waals surface area contributed by atoms with Gasteiger partial charge in [-0.05, 0) is 13.8 Å². The van der Waals surface area contributed by atoms with E-state index in [0.717, 1.165) is 37.0 Å². The minimum atomic E-state index is 0.230. The number of aromatic nitrogens is 2. The number of hydrogen-bond donors (Lipinski definition) is 0. The molecule has 0 saturated carbocycles. The topological polar surface area (TPSA) is 47.5 Å². The van der Waals surface area contributed by atoms with Gasteiger partial charge in [0.1, 0.15) is 6.33 Å².